The number of nitrogens with zero attached hydrogens (tertiary/aromatic N) is 1. The van der Waals surface area contributed by atoms with Gasteiger partial charge in [-0.3, -0.25) is 0 Å². The maximum Gasteiger partial charge on any atom is 0.410 e. The van der Waals surface area contributed by atoms with Gasteiger partial charge in [0.2, 0.25) is 0 Å². The first-order valence-electron chi connectivity index (χ1n) is 10.7. The van der Waals surface area contributed by atoms with Crippen molar-refractivity contribution in [3.05, 3.63) is 34.9 Å². The van der Waals surface area contributed by atoms with Crippen molar-refractivity contribution < 1.29 is 19.7 Å². The molecule has 1 aromatic rings. The van der Waals surface area contributed by atoms with E-state index < -0.39 is 11.7 Å². The Balaban J connectivity index is 1.72. The molecule has 2 fully saturated rings. The van der Waals surface area contributed by atoms with E-state index in [1.54, 1.807) is 0 Å². The van der Waals surface area contributed by atoms with Crippen LogP contribution in [0.25, 0.3) is 0 Å². The highest BCUT2D eigenvalue weighted by molar-refractivity contribution is 5.69. The molecule has 1 amide bonds. The van der Waals surface area contributed by atoms with Gasteiger partial charge in [0.1, 0.15) is 11.7 Å². The fourth-order valence-electron chi connectivity index (χ4n) is 5.88. The van der Waals surface area contributed by atoms with E-state index in [-0.39, 0.29) is 24.2 Å². The fourth-order valence-corrected chi connectivity index (χ4v) is 5.88. The van der Waals surface area contributed by atoms with Crippen molar-refractivity contribution in [2.75, 3.05) is 13.2 Å². The molecule has 4 rings (SSSR count). The molecule has 154 valence electrons. The van der Waals surface area contributed by atoms with Gasteiger partial charge in [-0.05, 0) is 69.1 Å². The lowest BCUT2D eigenvalue weighted by Crippen LogP contribution is -2.62. The Hall–Kier alpha value is -1.59. The molecule has 5 nitrogen and oxygen atoms in total. The highest BCUT2D eigenvalue weighted by Crippen LogP contribution is 2.56. The maximum atomic E-state index is 12.9. The molecule has 1 unspecified atom stereocenters. The second-order valence-electron chi connectivity index (χ2n) is 9.82. The van der Waals surface area contributed by atoms with Crippen LogP contribution in [0.3, 0.4) is 0 Å². The number of piperidine rings is 1. The third-order valence-corrected chi connectivity index (χ3v) is 7.05. The van der Waals surface area contributed by atoms with Crippen LogP contribution in [0, 0.1) is 5.92 Å². The van der Waals surface area contributed by atoms with Crippen LogP contribution in [0.15, 0.2) is 18.2 Å². The monoisotopic (exact) mass is 387 g/mol. The molecule has 1 aliphatic heterocycles. The van der Waals surface area contributed by atoms with Crippen molar-refractivity contribution in [3.8, 4) is 0 Å². The van der Waals surface area contributed by atoms with Gasteiger partial charge >= 0.3 is 6.09 Å². The van der Waals surface area contributed by atoms with Crippen molar-refractivity contribution in [3.63, 3.8) is 0 Å². The number of aliphatic hydroxyl groups is 2. The molecule has 28 heavy (non-hydrogen) atoms. The van der Waals surface area contributed by atoms with E-state index >= 15 is 0 Å². The van der Waals surface area contributed by atoms with Crippen LogP contribution in [0.1, 0.15) is 75.7 Å². The number of fused-ring (bicyclic) bond motifs is 1. The summed E-state index contributed by atoms with van der Waals surface area (Å²) in [7, 11) is 0. The highest BCUT2D eigenvalue weighted by Gasteiger charge is 2.55. The van der Waals surface area contributed by atoms with E-state index in [4.69, 9.17) is 4.74 Å². The van der Waals surface area contributed by atoms with Crippen molar-refractivity contribution in [2.24, 2.45) is 5.92 Å². The molecule has 0 radical (unpaired) electrons. The topological polar surface area (TPSA) is 70.0 Å². The van der Waals surface area contributed by atoms with Gasteiger partial charge in [-0.15, -0.1) is 0 Å². The lowest BCUT2D eigenvalue weighted by atomic mass is 9.52. The maximum absolute atomic E-state index is 12.9. The van der Waals surface area contributed by atoms with Crippen molar-refractivity contribution >= 4 is 6.09 Å². The van der Waals surface area contributed by atoms with Crippen molar-refractivity contribution in [1.29, 1.82) is 0 Å². The Labute approximate surface area is 167 Å². The van der Waals surface area contributed by atoms with Gasteiger partial charge in [-0.25, -0.2) is 4.79 Å². The number of aliphatic hydroxyl groups excluding tert-OH is 2. The second-order valence-corrected chi connectivity index (χ2v) is 9.82. The minimum atomic E-state index is -0.830. The summed E-state index contributed by atoms with van der Waals surface area (Å²) < 4.78 is 5.73. The van der Waals surface area contributed by atoms with Crippen LogP contribution in [0.5, 0.6) is 0 Å². The third kappa shape index (κ3) is 3.22. The van der Waals surface area contributed by atoms with Crippen LogP contribution in [0.4, 0.5) is 4.79 Å². The molecular weight excluding hydrogens is 354 g/mol. The van der Waals surface area contributed by atoms with Crippen LogP contribution < -0.4 is 0 Å². The van der Waals surface area contributed by atoms with Crippen LogP contribution in [0.2, 0.25) is 0 Å². The van der Waals surface area contributed by atoms with Crippen LogP contribution >= 0.6 is 0 Å². The lowest BCUT2D eigenvalue weighted by molar-refractivity contribution is -0.0349. The van der Waals surface area contributed by atoms with Gasteiger partial charge in [0.25, 0.3) is 0 Å². The Morgan fingerprint density at radius 3 is 2.82 bits per heavy atom. The van der Waals surface area contributed by atoms with Gasteiger partial charge < -0.3 is 19.8 Å². The van der Waals surface area contributed by atoms with Gasteiger partial charge in [-0.1, -0.05) is 31.0 Å². The molecule has 1 saturated carbocycles. The summed E-state index contributed by atoms with van der Waals surface area (Å²) in [6.07, 6.45) is 5.46. The quantitative estimate of drug-likeness (QED) is 0.812. The molecule has 3 aliphatic rings. The molecule has 1 aromatic carbocycles. The zero-order valence-electron chi connectivity index (χ0n) is 17.3. The molecule has 0 aromatic heterocycles. The lowest BCUT2D eigenvalue weighted by Gasteiger charge is -2.58. The third-order valence-electron chi connectivity index (χ3n) is 7.05. The number of benzene rings is 1. The number of carbonyl (C=O) groups excluding carboxylic acids is 1. The number of ether oxygens (including phenoxy) is 1. The summed E-state index contributed by atoms with van der Waals surface area (Å²) in [4.78, 5) is 14.9. The van der Waals surface area contributed by atoms with Gasteiger partial charge in [0, 0.05) is 18.0 Å². The Morgan fingerprint density at radius 2 is 2.11 bits per heavy atom. The first-order chi connectivity index (χ1) is 13.2. The average molecular weight is 388 g/mol. The highest BCUT2D eigenvalue weighted by atomic mass is 16.6. The number of hydrogen-bond acceptors (Lipinski definition) is 4. The minimum Gasteiger partial charge on any atom is -0.444 e. The largest absolute Gasteiger partial charge is 0.444 e. The van der Waals surface area contributed by atoms with E-state index in [9.17, 15) is 15.0 Å². The summed E-state index contributed by atoms with van der Waals surface area (Å²) in [5.74, 6) is 0.441. The van der Waals surface area contributed by atoms with E-state index in [0.717, 1.165) is 37.8 Å². The standard InChI is InChI=1S/C23H33NO4/c1-22(2,3)28-21(27)24-11-10-23-9-5-4-6-17(23)19(24)13-15-7-8-16(12-18(15)23)20(26)14-25/h7-8,12,17,19-20,25-26H,4-6,9-11,13-14H2,1-3H3/t17-,19+,20?,23+/m0/s1. The van der Waals surface area contributed by atoms with Crippen LogP contribution in [-0.4, -0.2) is 46.0 Å². The Kier molecular flexibility index (Phi) is 4.95. The first kappa shape index (κ1) is 19.7. The molecule has 1 heterocycles. The average Bonchev–Trinajstić information content (AvgIpc) is 2.65. The normalized spacial score (nSPS) is 30.2. The summed E-state index contributed by atoms with van der Waals surface area (Å²) >= 11 is 0. The Morgan fingerprint density at radius 1 is 1.32 bits per heavy atom. The number of hydrogen-bond donors (Lipinski definition) is 2. The van der Waals surface area contributed by atoms with Gasteiger partial charge in [-0.2, -0.15) is 0 Å². The predicted octanol–water partition coefficient (Wildman–Crippen LogP) is 3.71. The molecular formula is C23H33NO4. The summed E-state index contributed by atoms with van der Waals surface area (Å²) in [5.41, 5.74) is 3.03. The first-order valence-corrected chi connectivity index (χ1v) is 10.7. The summed E-state index contributed by atoms with van der Waals surface area (Å²) in [6, 6.07) is 6.34. The van der Waals surface area contributed by atoms with E-state index in [1.165, 1.54) is 24.0 Å². The summed E-state index contributed by atoms with van der Waals surface area (Å²) in [6.45, 7) is 6.23. The van der Waals surface area contributed by atoms with Crippen molar-refractivity contribution in [1.82, 2.24) is 4.90 Å². The van der Waals surface area contributed by atoms with E-state index in [2.05, 4.69) is 12.1 Å². The molecule has 2 N–H and O–H groups in total. The molecule has 2 bridgehead atoms. The second kappa shape index (κ2) is 7.03. The number of likely N-dealkylation sites (tertiary alicyclic amines) is 1. The molecule has 5 heteroatoms. The number of carbonyl (C=O) groups is 1. The zero-order chi connectivity index (χ0) is 20.1. The van der Waals surface area contributed by atoms with Crippen LogP contribution in [-0.2, 0) is 16.6 Å². The Bertz CT molecular complexity index is 755. The fraction of sp³-hybridized carbons (Fsp3) is 0.696. The molecule has 4 atom stereocenters. The molecule has 0 spiro atoms. The molecule has 1 saturated heterocycles. The number of amides is 1. The zero-order valence-corrected chi connectivity index (χ0v) is 17.3. The minimum absolute atomic E-state index is 0.0835. The van der Waals surface area contributed by atoms with Crippen molar-refractivity contribution in [2.45, 2.75) is 82.5 Å². The predicted molar refractivity (Wildman–Crippen MR) is 107 cm³/mol. The SMILES string of the molecule is CC(C)(C)OC(=O)N1CC[C@]23CCCC[C@H]2[C@H]1Cc1ccc(C(O)CO)cc13. The van der Waals surface area contributed by atoms with E-state index in [1.807, 2.05) is 31.7 Å². The summed E-state index contributed by atoms with van der Waals surface area (Å²) in [5, 5.41) is 19.5. The smallest absolute Gasteiger partial charge is 0.410 e. The van der Waals surface area contributed by atoms with E-state index in [0.29, 0.717) is 5.92 Å². The van der Waals surface area contributed by atoms with Gasteiger partial charge in [0.15, 0.2) is 0 Å². The number of rotatable bonds is 2. The van der Waals surface area contributed by atoms with Gasteiger partial charge in [0.05, 0.1) is 6.61 Å². The molecule has 2 aliphatic carbocycles.